The molecule has 0 saturated carbocycles. The molecule has 1 aromatic carbocycles. The van der Waals surface area contributed by atoms with Crippen molar-refractivity contribution < 1.29 is 4.39 Å². The standard InChI is InChI=1S/C14H21ClFN/c1-9(2)10(3)8-17-11(4)13-6-5-12(16)7-14(13)15/h5-7,9-11,17H,8H2,1-4H3. The molecule has 0 bridgehead atoms. The van der Waals surface area contributed by atoms with Gasteiger partial charge in [0, 0.05) is 11.1 Å². The quantitative estimate of drug-likeness (QED) is 0.823. The lowest BCUT2D eigenvalue weighted by molar-refractivity contribution is 0.375. The lowest BCUT2D eigenvalue weighted by atomic mass is 9.97. The Morgan fingerprint density at radius 1 is 1.24 bits per heavy atom. The summed E-state index contributed by atoms with van der Waals surface area (Å²) in [6, 6.07) is 4.70. The van der Waals surface area contributed by atoms with Crippen LogP contribution in [0.15, 0.2) is 18.2 Å². The summed E-state index contributed by atoms with van der Waals surface area (Å²) in [6.45, 7) is 9.62. The molecule has 2 atom stereocenters. The molecule has 1 nitrogen and oxygen atoms in total. The molecule has 0 heterocycles. The molecule has 1 rings (SSSR count). The first-order valence-electron chi connectivity index (χ1n) is 6.10. The predicted molar refractivity (Wildman–Crippen MR) is 71.8 cm³/mol. The second-order valence-corrected chi connectivity index (χ2v) is 5.42. The summed E-state index contributed by atoms with van der Waals surface area (Å²) in [5.41, 5.74) is 0.948. The summed E-state index contributed by atoms with van der Waals surface area (Å²) in [4.78, 5) is 0. The van der Waals surface area contributed by atoms with E-state index in [-0.39, 0.29) is 11.9 Å². The molecule has 0 radical (unpaired) electrons. The van der Waals surface area contributed by atoms with Gasteiger partial charge in [-0.3, -0.25) is 0 Å². The van der Waals surface area contributed by atoms with E-state index in [0.29, 0.717) is 16.9 Å². The fraction of sp³-hybridized carbons (Fsp3) is 0.571. The number of hydrogen-bond acceptors (Lipinski definition) is 1. The monoisotopic (exact) mass is 257 g/mol. The van der Waals surface area contributed by atoms with Crippen LogP contribution in [0.3, 0.4) is 0 Å². The second kappa shape index (κ2) is 6.36. The molecule has 17 heavy (non-hydrogen) atoms. The van der Waals surface area contributed by atoms with Gasteiger partial charge in [-0.25, -0.2) is 4.39 Å². The Labute approximate surface area is 108 Å². The van der Waals surface area contributed by atoms with Crippen LogP contribution in [-0.2, 0) is 0 Å². The third-order valence-corrected chi connectivity index (χ3v) is 3.64. The lowest BCUT2D eigenvalue weighted by Crippen LogP contribution is -2.27. The summed E-state index contributed by atoms with van der Waals surface area (Å²) < 4.78 is 12.9. The first-order chi connectivity index (χ1) is 7.91. The summed E-state index contributed by atoms with van der Waals surface area (Å²) >= 11 is 6.02. The molecule has 0 aliphatic carbocycles. The zero-order chi connectivity index (χ0) is 13.0. The summed E-state index contributed by atoms with van der Waals surface area (Å²) in [5, 5.41) is 3.92. The highest BCUT2D eigenvalue weighted by atomic mass is 35.5. The van der Waals surface area contributed by atoms with Gasteiger partial charge in [-0.1, -0.05) is 38.4 Å². The Morgan fingerprint density at radius 3 is 2.41 bits per heavy atom. The van der Waals surface area contributed by atoms with E-state index >= 15 is 0 Å². The van der Waals surface area contributed by atoms with Crippen LogP contribution >= 0.6 is 11.6 Å². The first kappa shape index (κ1) is 14.5. The Balaban J connectivity index is 2.61. The van der Waals surface area contributed by atoms with E-state index in [0.717, 1.165) is 12.1 Å². The van der Waals surface area contributed by atoms with Crippen LogP contribution in [-0.4, -0.2) is 6.54 Å². The third-order valence-electron chi connectivity index (χ3n) is 3.31. The number of benzene rings is 1. The Hall–Kier alpha value is -0.600. The Morgan fingerprint density at radius 2 is 1.88 bits per heavy atom. The van der Waals surface area contributed by atoms with Gasteiger partial charge in [0.05, 0.1) is 0 Å². The Bertz CT molecular complexity index is 365. The van der Waals surface area contributed by atoms with E-state index in [1.54, 1.807) is 6.07 Å². The van der Waals surface area contributed by atoms with Crippen molar-refractivity contribution in [1.82, 2.24) is 5.32 Å². The first-order valence-corrected chi connectivity index (χ1v) is 6.48. The van der Waals surface area contributed by atoms with Crippen LogP contribution in [0, 0.1) is 17.7 Å². The van der Waals surface area contributed by atoms with E-state index in [4.69, 9.17) is 11.6 Å². The van der Waals surface area contributed by atoms with E-state index in [1.165, 1.54) is 12.1 Å². The van der Waals surface area contributed by atoms with Gasteiger partial charge in [0.2, 0.25) is 0 Å². The number of halogens is 2. The molecule has 1 N–H and O–H groups in total. The smallest absolute Gasteiger partial charge is 0.124 e. The highest BCUT2D eigenvalue weighted by molar-refractivity contribution is 6.31. The predicted octanol–water partition coefficient (Wildman–Crippen LogP) is 4.42. The molecule has 2 unspecified atom stereocenters. The fourth-order valence-electron chi connectivity index (χ4n) is 1.56. The van der Waals surface area contributed by atoms with Crippen molar-refractivity contribution in [3.63, 3.8) is 0 Å². The van der Waals surface area contributed by atoms with Crippen molar-refractivity contribution in [3.8, 4) is 0 Å². The molecule has 0 saturated heterocycles. The minimum absolute atomic E-state index is 0.143. The molecule has 0 aliphatic heterocycles. The highest BCUT2D eigenvalue weighted by Gasteiger charge is 2.12. The van der Waals surface area contributed by atoms with E-state index in [1.807, 2.05) is 6.92 Å². The summed E-state index contributed by atoms with van der Waals surface area (Å²) in [5.74, 6) is 0.969. The maximum atomic E-state index is 12.9. The molecule has 0 amide bonds. The van der Waals surface area contributed by atoms with Gasteiger partial charge < -0.3 is 5.32 Å². The normalized spacial score (nSPS) is 15.0. The van der Waals surface area contributed by atoms with Gasteiger partial charge >= 0.3 is 0 Å². The molecule has 1 aromatic rings. The van der Waals surface area contributed by atoms with Gasteiger partial charge in [0.1, 0.15) is 5.82 Å². The van der Waals surface area contributed by atoms with Crippen LogP contribution in [0.2, 0.25) is 5.02 Å². The molecule has 0 aliphatic rings. The van der Waals surface area contributed by atoms with Gasteiger partial charge in [-0.2, -0.15) is 0 Å². The van der Waals surface area contributed by atoms with Gasteiger partial charge in [-0.05, 0) is 43.0 Å². The molecule has 96 valence electrons. The maximum absolute atomic E-state index is 12.9. The van der Waals surface area contributed by atoms with Crippen LogP contribution < -0.4 is 5.32 Å². The SMILES string of the molecule is CC(NCC(C)C(C)C)c1ccc(F)cc1Cl. The molecular formula is C14H21ClFN. The van der Waals surface area contributed by atoms with Crippen LogP contribution in [0.5, 0.6) is 0 Å². The highest BCUT2D eigenvalue weighted by Crippen LogP contribution is 2.24. The van der Waals surface area contributed by atoms with Crippen LogP contribution in [0.25, 0.3) is 0 Å². The number of nitrogens with one attached hydrogen (secondary N) is 1. The number of hydrogen-bond donors (Lipinski definition) is 1. The zero-order valence-corrected chi connectivity index (χ0v) is 11.7. The summed E-state index contributed by atoms with van der Waals surface area (Å²) in [6.07, 6.45) is 0. The largest absolute Gasteiger partial charge is 0.310 e. The van der Waals surface area contributed by atoms with Crippen LogP contribution in [0.1, 0.15) is 39.3 Å². The van der Waals surface area contributed by atoms with Crippen LogP contribution in [0.4, 0.5) is 4.39 Å². The third kappa shape index (κ3) is 4.29. The molecule has 0 spiro atoms. The number of rotatable bonds is 5. The lowest BCUT2D eigenvalue weighted by Gasteiger charge is -2.21. The molecular weight excluding hydrogens is 237 g/mol. The minimum Gasteiger partial charge on any atom is -0.310 e. The van der Waals surface area contributed by atoms with Gasteiger partial charge in [0.25, 0.3) is 0 Å². The van der Waals surface area contributed by atoms with Crippen molar-refractivity contribution in [3.05, 3.63) is 34.6 Å². The average Bonchev–Trinajstić information content (AvgIpc) is 2.25. The zero-order valence-electron chi connectivity index (χ0n) is 10.9. The molecule has 0 fully saturated rings. The Kier molecular flexibility index (Phi) is 5.41. The van der Waals surface area contributed by atoms with Gasteiger partial charge in [0.15, 0.2) is 0 Å². The molecule has 3 heteroatoms. The van der Waals surface area contributed by atoms with Crippen molar-refractivity contribution in [2.45, 2.75) is 33.7 Å². The van der Waals surface area contributed by atoms with Gasteiger partial charge in [-0.15, -0.1) is 0 Å². The molecule has 0 aromatic heterocycles. The topological polar surface area (TPSA) is 12.0 Å². The average molecular weight is 258 g/mol. The minimum atomic E-state index is -0.290. The maximum Gasteiger partial charge on any atom is 0.124 e. The van der Waals surface area contributed by atoms with E-state index in [2.05, 4.69) is 26.1 Å². The van der Waals surface area contributed by atoms with Crippen molar-refractivity contribution in [2.24, 2.45) is 11.8 Å². The second-order valence-electron chi connectivity index (χ2n) is 5.02. The fourth-order valence-corrected chi connectivity index (χ4v) is 1.89. The van der Waals surface area contributed by atoms with Crippen molar-refractivity contribution in [2.75, 3.05) is 6.54 Å². The summed E-state index contributed by atoms with van der Waals surface area (Å²) in [7, 11) is 0. The van der Waals surface area contributed by atoms with E-state index < -0.39 is 0 Å². The van der Waals surface area contributed by atoms with Crippen molar-refractivity contribution in [1.29, 1.82) is 0 Å². The van der Waals surface area contributed by atoms with E-state index in [9.17, 15) is 4.39 Å². The van der Waals surface area contributed by atoms with Crippen molar-refractivity contribution >= 4 is 11.6 Å².